The van der Waals surface area contributed by atoms with E-state index in [0.29, 0.717) is 0 Å². The van der Waals surface area contributed by atoms with Crippen LogP contribution in [0.2, 0.25) is 0 Å². The highest BCUT2D eigenvalue weighted by Gasteiger charge is 2.24. The third-order valence-corrected chi connectivity index (χ3v) is 4.50. The van der Waals surface area contributed by atoms with Crippen molar-refractivity contribution in [3.05, 3.63) is 18.2 Å². The van der Waals surface area contributed by atoms with E-state index >= 15 is 0 Å². The minimum Gasteiger partial charge on any atom is -0.334 e. The zero-order valence-corrected chi connectivity index (χ0v) is 12.0. The van der Waals surface area contributed by atoms with Gasteiger partial charge >= 0.3 is 0 Å². The van der Waals surface area contributed by atoms with Gasteiger partial charge < -0.3 is 9.88 Å². The monoisotopic (exact) mass is 262 g/mol. The molecule has 0 unspecified atom stereocenters. The quantitative estimate of drug-likeness (QED) is 0.849. The Balaban J connectivity index is 1.42. The van der Waals surface area contributed by atoms with Crippen LogP contribution in [-0.4, -0.2) is 40.1 Å². The lowest BCUT2D eigenvalue weighted by atomic mass is 10.0. The summed E-state index contributed by atoms with van der Waals surface area (Å²) in [6.07, 6.45) is 9.46. The smallest absolute Gasteiger partial charge is 0.0948 e. The van der Waals surface area contributed by atoms with Gasteiger partial charge in [0.25, 0.3) is 0 Å². The summed E-state index contributed by atoms with van der Waals surface area (Å²) < 4.78 is 2.25. The Morgan fingerprint density at radius 3 is 2.74 bits per heavy atom. The van der Waals surface area contributed by atoms with E-state index < -0.39 is 0 Å². The van der Waals surface area contributed by atoms with E-state index in [1.807, 2.05) is 12.5 Å². The van der Waals surface area contributed by atoms with Crippen molar-refractivity contribution in [1.82, 2.24) is 19.8 Å². The van der Waals surface area contributed by atoms with Gasteiger partial charge in [0.2, 0.25) is 0 Å². The molecule has 0 spiro atoms. The molecule has 1 aromatic heterocycles. The van der Waals surface area contributed by atoms with Crippen molar-refractivity contribution in [2.24, 2.45) is 5.92 Å². The first-order chi connectivity index (χ1) is 9.35. The van der Waals surface area contributed by atoms with Gasteiger partial charge in [-0.25, -0.2) is 4.98 Å². The molecule has 1 aliphatic heterocycles. The number of rotatable bonds is 6. The van der Waals surface area contributed by atoms with Crippen LogP contribution in [0, 0.1) is 5.92 Å². The number of nitrogens with one attached hydrogen (secondary N) is 1. The minimum absolute atomic E-state index is 0.757. The molecule has 0 radical (unpaired) electrons. The Bertz CT molecular complexity index is 389. The molecule has 0 aromatic carbocycles. The molecule has 0 bridgehead atoms. The van der Waals surface area contributed by atoms with Gasteiger partial charge in [0.05, 0.1) is 12.0 Å². The van der Waals surface area contributed by atoms with Gasteiger partial charge in [-0.3, -0.25) is 4.90 Å². The van der Waals surface area contributed by atoms with Crippen molar-refractivity contribution in [3.8, 4) is 0 Å². The van der Waals surface area contributed by atoms with Crippen molar-refractivity contribution >= 4 is 0 Å². The average Bonchev–Trinajstić information content (AvgIpc) is 3.17. The van der Waals surface area contributed by atoms with Crippen LogP contribution in [0.4, 0.5) is 0 Å². The molecule has 0 amide bonds. The number of likely N-dealkylation sites (tertiary alicyclic amines) is 1. The maximum absolute atomic E-state index is 4.25. The first-order valence-corrected chi connectivity index (χ1v) is 7.80. The number of nitrogens with zero attached hydrogens (tertiary/aromatic N) is 3. The zero-order valence-electron chi connectivity index (χ0n) is 12.0. The summed E-state index contributed by atoms with van der Waals surface area (Å²) in [7, 11) is 0. The predicted molar refractivity (Wildman–Crippen MR) is 76.9 cm³/mol. The Morgan fingerprint density at radius 1 is 1.26 bits per heavy atom. The highest BCUT2D eigenvalue weighted by molar-refractivity contribution is 4.98. The molecular weight excluding hydrogens is 236 g/mol. The van der Waals surface area contributed by atoms with E-state index in [9.17, 15) is 0 Å². The van der Waals surface area contributed by atoms with Gasteiger partial charge in [0, 0.05) is 38.4 Å². The molecule has 106 valence electrons. The van der Waals surface area contributed by atoms with Crippen LogP contribution in [0.3, 0.4) is 0 Å². The molecule has 0 atom stereocenters. The molecule has 1 saturated carbocycles. The van der Waals surface area contributed by atoms with Gasteiger partial charge in [-0.05, 0) is 45.1 Å². The number of hydrogen-bond donors (Lipinski definition) is 1. The maximum Gasteiger partial charge on any atom is 0.0948 e. The lowest BCUT2D eigenvalue weighted by Crippen LogP contribution is -2.42. The van der Waals surface area contributed by atoms with Crippen molar-refractivity contribution in [2.75, 3.05) is 19.6 Å². The number of hydrogen-bond acceptors (Lipinski definition) is 3. The van der Waals surface area contributed by atoms with E-state index in [2.05, 4.69) is 26.7 Å². The van der Waals surface area contributed by atoms with Crippen molar-refractivity contribution in [3.63, 3.8) is 0 Å². The number of piperidine rings is 1. The molecule has 4 heteroatoms. The predicted octanol–water partition coefficient (Wildman–Crippen LogP) is 1.87. The summed E-state index contributed by atoms with van der Waals surface area (Å²) in [6.45, 7) is 7.96. The van der Waals surface area contributed by atoms with E-state index in [1.54, 1.807) is 0 Å². The average molecular weight is 262 g/mol. The number of aromatic nitrogens is 2. The second-order valence-electron chi connectivity index (χ2n) is 6.07. The topological polar surface area (TPSA) is 33.1 Å². The van der Waals surface area contributed by atoms with E-state index in [1.165, 1.54) is 51.0 Å². The van der Waals surface area contributed by atoms with Gasteiger partial charge in [0.1, 0.15) is 0 Å². The summed E-state index contributed by atoms with van der Waals surface area (Å²) >= 11 is 0. The van der Waals surface area contributed by atoms with Crippen molar-refractivity contribution < 1.29 is 0 Å². The maximum atomic E-state index is 4.25. The SMILES string of the molecule is CCn1cncc1CN1CCC(NCC2CC2)CC1. The van der Waals surface area contributed by atoms with Crippen LogP contribution in [0.1, 0.15) is 38.3 Å². The van der Waals surface area contributed by atoms with Crippen LogP contribution >= 0.6 is 0 Å². The van der Waals surface area contributed by atoms with E-state index in [0.717, 1.165) is 25.0 Å². The van der Waals surface area contributed by atoms with E-state index in [4.69, 9.17) is 0 Å². The fraction of sp³-hybridized carbons (Fsp3) is 0.800. The van der Waals surface area contributed by atoms with Crippen molar-refractivity contribution in [2.45, 2.75) is 51.7 Å². The van der Waals surface area contributed by atoms with Crippen LogP contribution < -0.4 is 5.32 Å². The summed E-state index contributed by atoms with van der Waals surface area (Å²) in [5.74, 6) is 0.997. The van der Waals surface area contributed by atoms with Gasteiger partial charge in [0.15, 0.2) is 0 Å². The molecule has 1 N–H and O–H groups in total. The number of imidazole rings is 1. The second kappa shape index (κ2) is 6.06. The van der Waals surface area contributed by atoms with Gasteiger partial charge in [-0.2, -0.15) is 0 Å². The standard InChI is InChI=1S/C15H26N4/c1-2-19-12-16-10-15(19)11-18-7-5-14(6-8-18)17-9-13-3-4-13/h10,12-14,17H,2-9,11H2,1H3. The number of aryl methyl sites for hydroxylation is 1. The fourth-order valence-electron chi connectivity index (χ4n) is 2.94. The largest absolute Gasteiger partial charge is 0.334 e. The zero-order chi connectivity index (χ0) is 13.1. The molecule has 4 nitrogen and oxygen atoms in total. The molecule has 1 saturated heterocycles. The first-order valence-electron chi connectivity index (χ1n) is 7.80. The summed E-state index contributed by atoms with van der Waals surface area (Å²) in [5.41, 5.74) is 1.35. The molecule has 19 heavy (non-hydrogen) atoms. The summed E-state index contributed by atoms with van der Waals surface area (Å²) in [5, 5.41) is 3.74. The first kappa shape index (κ1) is 13.1. The van der Waals surface area contributed by atoms with Gasteiger partial charge in [-0.15, -0.1) is 0 Å². The Labute approximate surface area is 116 Å². The Hall–Kier alpha value is -0.870. The summed E-state index contributed by atoms with van der Waals surface area (Å²) in [6, 6.07) is 0.757. The van der Waals surface area contributed by atoms with Crippen LogP contribution in [0.5, 0.6) is 0 Å². The molecule has 3 rings (SSSR count). The minimum atomic E-state index is 0.757. The Morgan fingerprint density at radius 2 is 2.05 bits per heavy atom. The van der Waals surface area contributed by atoms with E-state index in [-0.39, 0.29) is 0 Å². The van der Waals surface area contributed by atoms with Gasteiger partial charge in [-0.1, -0.05) is 0 Å². The third-order valence-electron chi connectivity index (χ3n) is 4.50. The van der Waals surface area contributed by atoms with Crippen LogP contribution in [0.15, 0.2) is 12.5 Å². The molecule has 2 aliphatic rings. The molecular formula is C15H26N4. The van der Waals surface area contributed by atoms with Crippen LogP contribution in [0.25, 0.3) is 0 Å². The normalized spacial score (nSPS) is 21.9. The third kappa shape index (κ3) is 3.57. The highest BCUT2D eigenvalue weighted by atomic mass is 15.2. The molecule has 2 heterocycles. The lowest BCUT2D eigenvalue weighted by molar-refractivity contribution is 0.186. The molecule has 1 aliphatic carbocycles. The lowest BCUT2D eigenvalue weighted by Gasteiger charge is -2.32. The van der Waals surface area contributed by atoms with Crippen LogP contribution in [-0.2, 0) is 13.1 Å². The fourth-order valence-corrected chi connectivity index (χ4v) is 2.94. The highest BCUT2D eigenvalue weighted by Crippen LogP contribution is 2.28. The summed E-state index contributed by atoms with van der Waals surface area (Å²) in [4.78, 5) is 6.82. The Kier molecular flexibility index (Phi) is 4.18. The van der Waals surface area contributed by atoms with Crippen molar-refractivity contribution in [1.29, 1.82) is 0 Å². The second-order valence-corrected chi connectivity index (χ2v) is 6.07. The molecule has 1 aromatic rings. The molecule has 2 fully saturated rings.